The van der Waals surface area contributed by atoms with Crippen LogP contribution >= 0.6 is 0 Å². The van der Waals surface area contributed by atoms with Gasteiger partial charge in [0.2, 0.25) is 0 Å². The molecule has 172 valence electrons. The van der Waals surface area contributed by atoms with E-state index in [1.54, 1.807) is 0 Å². The van der Waals surface area contributed by atoms with Crippen molar-refractivity contribution < 1.29 is 14.7 Å². The summed E-state index contributed by atoms with van der Waals surface area (Å²) < 4.78 is 0. The average molecular weight is 411 g/mol. The van der Waals surface area contributed by atoms with Gasteiger partial charge in [0.15, 0.2) is 0 Å². The lowest BCUT2D eigenvalue weighted by atomic mass is 9.73. The van der Waals surface area contributed by atoms with Crippen molar-refractivity contribution in [3.63, 3.8) is 0 Å². The number of Topliss-reactive ketones (excluding diaryl/α,β-unsaturated/α-hetero) is 1. The molecule has 1 N–H and O–H groups in total. The summed E-state index contributed by atoms with van der Waals surface area (Å²) in [4.78, 5) is 25.4. The lowest BCUT2D eigenvalue weighted by molar-refractivity contribution is -0.156. The maximum absolute atomic E-state index is 13.1. The van der Waals surface area contributed by atoms with Gasteiger partial charge >= 0.3 is 5.97 Å². The Kier molecular flexibility index (Phi) is 18.6. The van der Waals surface area contributed by atoms with E-state index in [-0.39, 0.29) is 5.78 Å². The second kappa shape index (κ2) is 19.1. The van der Waals surface area contributed by atoms with E-state index in [9.17, 15) is 14.7 Å². The van der Waals surface area contributed by atoms with E-state index in [2.05, 4.69) is 20.8 Å². The summed E-state index contributed by atoms with van der Waals surface area (Å²) in [5.74, 6) is -0.859. The maximum Gasteiger partial charge on any atom is 0.317 e. The number of hydrogen-bond acceptors (Lipinski definition) is 2. The molecule has 0 heterocycles. The fourth-order valence-electron chi connectivity index (χ4n) is 4.28. The number of ketones is 1. The van der Waals surface area contributed by atoms with Crippen LogP contribution in [0.4, 0.5) is 0 Å². The fraction of sp³-hybridized carbons (Fsp3) is 0.923. The van der Waals surface area contributed by atoms with E-state index in [1.807, 2.05) is 0 Å². The van der Waals surface area contributed by atoms with E-state index < -0.39 is 11.4 Å². The Balaban J connectivity index is 4.74. The Labute approximate surface area is 181 Å². The van der Waals surface area contributed by atoms with Crippen LogP contribution < -0.4 is 0 Å². The zero-order chi connectivity index (χ0) is 21.8. The molecule has 0 spiro atoms. The van der Waals surface area contributed by atoms with Gasteiger partial charge in [-0.1, -0.05) is 124 Å². The summed E-state index contributed by atoms with van der Waals surface area (Å²) in [7, 11) is 0. The van der Waals surface area contributed by atoms with Crippen molar-refractivity contribution in [2.75, 3.05) is 0 Å². The minimum absolute atomic E-state index is 0.00335. The van der Waals surface area contributed by atoms with Crippen LogP contribution in [0.3, 0.4) is 0 Å². The highest BCUT2D eigenvalue weighted by Gasteiger charge is 2.43. The van der Waals surface area contributed by atoms with Crippen LogP contribution in [0, 0.1) is 5.41 Å². The topological polar surface area (TPSA) is 54.4 Å². The van der Waals surface area contributed by atoms with E-state index in [0.717, 1.165) is 57.8 Å². The van der Waals surface area contributed by atoms with Crippen LogP contribution in [-0.2, 0) is 9.59 Å². The highest BCUT2D eigenvalue weighted by atomic mass is 16.4. The van der Waals surface area contributed by atoms with Gasteiger partial charge in [-0.15, -0.1) is 0 Å². The van der Waals surface area contributed by atoms with Crippen molar-refractivity contribution >= 4 is 11.8 Å². The number of unbranched alkanes of at least 4 members (excludes halogenated alkanes) is 14. The number of carbonyl (C=O) groups is 2. The highest BCUT2D eigenvalue weighted by molar-refractivity contribution is 6.03. The first kappa shape index (κ1) is 28.1. The number of hydrogen-bond donors (Lipinski definition) is 1. The molecule has 0 aromatic rings. The summed E-state index contributed by atoms with van der Waals surface area (Å²) in [6.07, 6.45) is 20.5. The van der Waals surface area contributed by atoms with E-state index in [0.29, 0.717) is 19.3 Å². The predicted molar refractivity (Wildman–Crippen MR) is 124 cm³/mol. The van der Waals surface area contributed by atoms with Gasteiger partial charge in [-0.2, -0.15) is 0 Å². The van der Waals surface area contributed by atoms with Gasteiger partial charge in [-0.25, -0.2) is 0 Å². The molecule has 0 rings (SSSR count). The normalized spacial score (nSPS) is 11.7. The van der Waals surface area contributed by atoms with Gasteiger partial charge < -0.3 is 5.11 Å². The summed E-state index contributed by atoms with van der Waals surface area (Å²) in [5.41, 5.74) is -1.12. The van der Waals surface area contributed by atoms with Crippen molar-refractivity contribution in [2.45, 2.75) is 149 Å². The Bertz CT molecular complexity index is 387. The summed E-state index contributed by atoms with van der Waals surface area (Å²) >= 11 is 0. The standard InChI is InChI=1S/C26H50O3/c1-4-7-10-13-16-19-22-26(25(28)29,23-20-17-14-11-8-5-2)24(27)21-18-15-12-9-6-3/h4-23H2,1-3H3,(H,28,29). The predicted octanol–water partition coefficient (Wildman–Crippen LogP) is 8.49. The summed E-state index contributed by atoms with van der Waals surface area (Å²) in [5, 5.41) is 10.1. The molecule has 0 saturated heterocycles. The van der Waals surface area contributed by atoms with Gasteiger partial charge in [-0.05, 0) is 19.3 Å². The molecule has 29 heavy (non-hydrogen) atoms. The minimum Gasteiger partial charge on any atom is -0.480 e. The summed E-state index contributed by atoms with van der Waals surface area (Å²) in [6, 6.07) is 0. The van der Waals surface area contributed by atoms with Gasteiger partial charge in [0.05, 0.1) is 0 Å². The van der Waals surface area contributed by atoms with Crippen LogP contribution in [0.1, 0.15) is 149 Å². The molecular weight excluding hydrogens is 360 g/mol. The molecular formula is C26H50O3. The molecule has 0 aliphatic carbocycles. The molecule has 0 bridgehead atoms. The smallest absolute Gasteiger partial charge is 0.317 e. The molecule has 0 aliphatic rings. The zero-order valence-electron chi connectivity index (χ0n) is 19.9. The van der Waals surface area contributed by atoms with Crippen LogP contribution in [0.15, 0.2) is 0 Å². The van der Waals surface area contributed by atoms with E-state index >= 15 is 0 Å². The number of aliphatic carboxylic acids is 1. The Morgan fingerprint density at radius 2 is 0.897 bits per heavy atom. The monoisotopic (exact) mass is 410 g/mol. The molecule has 0 aromatic heterocycles. The SMILES string of the molecule is CCCCCCCCC(CCCCCCCC)(C(=O)O)C(=O)CCCCCCC. The Morgan fingerprint density at radius 1 is 0.552 bits per heavy atom. The molecule has 0 amide bonds. The Hall–Kier alpha value is -0.860. The van der Waals surface area contributed by atoms with Crippen molar-refractivity contribution in [3.8, 4) is 0 Å². The van der Waals surface area contributed by atoms with Gasteiger partial charge in [-0.3, -0.25) is 9.59 Å². The van der Waals surface area contributed by atoms with Gasteiger partial charge in [0.1, 0.15) is 11.2 Å². The minimum atomic E-state index is -1.12. The molecule has 0 saturated carbocycles. The third kappa shape index (κ3) is 13.1. The second-order valence-electron chi connectivity index (χ2n) is 9.01. The van der Waals surface area contributed by atoms with Crippen molar-refractivity contribution in [1.29, 1.82) is 0 Å². The first-order valence-electron chi connectivity index (χ1n) is 12.8. The number of carboxylic acids is 1. The van der Waals surface area contributed by atoms with Gasteiger partial charge in [0, 0.05) is 6.42 Å². The molecule has 3 heteroatoms. The molecule has 0 aromatic carbocycles. The maximum atomic E-state index is 13.1. The zero-order valence-corrected chi connectivity index (χ0v) is 19.9. The van der Waals surface area contributed by atoms with Crippen LogP contribution in [0.5, 0.6) is 0 Å². The molecule has 0 aliphatic heterocycles. The van der Waals surface area contributed by atoms with Crippen LogP contribution in [0.25, 0.3) is 0 Å². The largest absolute Gasteiger partial charge is 0.480 e. The quantitative estimate of drug-likeness (QED) is 0.144. The average Bonchev–Trinajstić information content (AvgIpc) is 2.71. The molecule has 0 unspecified atom stereocenters. The lowest BCUT2D eigenvalue weighted by Gasteiger charge is -2.28. The first-order chi connectivity index (χ1) is 14.0. The number of carboxylic acid groups (broad SMARTS) is 1. The fourth-order valence-corrected chi connectivity index (χ4v) is 4.28. The molecule has 0 radical (unpaired) electrons. The lowest BCUT2D eigenvalue weighted by Crippen LogP contribution is -2.39. The first-order valence-corrected chi connectivity index (χ1v) is 12.8. The van der Waals surface area contributed by atoms with E-state index in [1.165, 1.54) is 51.4 Å². The third-order valence-corrected chi connectivity index (χ3v) is 6.36. The number of rotatable bonds is 22. The van der Waals surface area contributed by atoms with Crippen molar-refractivity contribution in [1.82, 2.24) is 0 Å². The van der Waals surface area contributed by atoms with Crippen LogP contribution in [0.2, 0.25) is 0 Å². The van der Waals surface area contributed by atoms with Gasteiger partial charge in [0.25, 0.3) is 0 Å². The molecule has 0 atom stereocenters. The summed E-state index contributed by atoms with van der Waals surface area (Å²) in [6.45, 7) is 6.59. The second-order valence-corrected chi connectivity index (χ2v) is 9.01. The Morgan fingerprint density at radius 3 is 1.28 bits per heavy atom. The molecule has 3 nitrogen and oxygen atoms in total. The van der Waals surface area contributed by atoms with Crippen molar-refractivity contribution in [3.05, 3.63) is 0 Å². The van der Waals surface area contributed by atoms with Crippen LogP contribution in [-0.4, -0.2) is 16.9 Å². The molecule has 0 fully saturated rings. The third-order valence-electron chi connectivity index (χ3n) is 6.36. The van der Waals surface area contributed by atoms with Crippen molar-refractivity contribution in [2.24, 2.45) is 5.41 Å². The highest BCUT2D eigenvalue weighted by Crippen LogP contribution is 2.35. The number of carbonyl (C=O) groups excluding carboxylic acids is 1. The van der Waals surface area contributed by atoms with E-state index in [4.69, 9.17) is 0 Å².